The third kappa shape index (κ3) is 2.67. The molecule has 1 aromatic carbocycles. The van der Waals surface area contributed by atoms with Crippen LogP contribution in [0, 0.1) is 5.82 Å². The lowest BCUT2D eigenvalue weighted by Crippen LogP contribution is -2.48. The standard InChI is InChI=1S/C15H17FN4O/c16-12-10-11(4-5-13(12)20-9-3-8-18-20)19-14(21)15(17)6-1-2-7-15/h3-5,8-10H,1-2,6-7,17H2,(H,19,21). The summed E-state index contributed by atoms with van der Waals surface area (Å²) in [7, 11) is 0. The minimum absolute atomic E-state index is 0.244. The Hall–Kier alpha value is -2.21. The highest BCUT2D eigenvalue weighted by atomic mass is 19.1. The van der Waals surface area contributed by atoms with Crippen molar-refractivity contribution in [3.63, 3.8) is 0 Å². The zero-order chi connectivity index (χ0) is 14.9. The van der Waals surface area contributed by atoms with Crippen molar-refractivity contribution < 1.29 is 9.18 Å². The number of carbonyl (C=O) groups is 1. The molecule has 1 aliphatic carbocycles. The molecule has 1 amide bonds. The molecule has 1 heterocycles. The van der Waals surface area contributed by atoms with Gasteiger partial charge in [-0.1, -0.05) is 12.8 Å². The first kappa shape index (κ1) is 13.8. The van der Waals surface area contributed by atoms with Gasteiger partial charge in [-0.2, -0.15) is 5.10 Å². The van der Waals surface area contributed by atoms with Crippen LogP contribution in [0.3, 0.4) is 0 Å². The van der Waals surface area contributed by atoms with E-state index in [4.69, 9.17) is 5.73 Å². The monoisotopic (exact) mass is 288 g/mol. The van der Waals surface area contributed by atoms with Crippen LogP contribution in [0.4, 0.5) is 10.1 Å². The number of nitrogens with one attached hydrogen (secondary N) is 1. The van der Waals surface area contributed by atoms with Crippen LogP contribution in [-0.2, 0) is 4.79 Å². The number of halogens is 1. The quantitative estimate of drug-likeness (QED) is 0.909. The van der Waals surface area contributed by atoms with E-state index in [2.05, 4.69) is 10.4 Å². The fraction of sp³-hybridized carbons (Fsp3) is 0.333. The molecular formula is C15H17FN4O. The van der Waals surface area contributed by atoms with Gasteiger partial charge in [-0.25, -0.2) is 9.07 Å². The van der Waals surface area contributed by atoms with Gasteiger partial charge in [0.1, 0.15) is 5.69 Å². The number of anilines is 1. The Kier molecular flexibility index (Phi) is 3.47. The molecule has 5 nitrogen and oxygen atoms in total. The zero-order valence-electron chi connectivity index (χ0n) is 11.6. The van der Waals surface area contributed by atoms with Gasteiger partial charge in [0, 0.05) is 18.1 Å². The molecule has 0 bridgehead atoms. The van der Waals surface area contributed by atoms with Crippen molar-refractivity contribution in [1.29, 1.82) is 0 Å². The van der Waals surface area contributed by atoms with Gasteiger partial charge in [-0.05, 0) is 37.1 Å². The molecule has 0 radical (unpaired) electrons. The third-order valence-electron chi connectivity index (χ3n) is 3.90. The fourth-order valence-electron chi connectivity index (χ4n) is 2.67. The number of hydrogen-bond acceptors (Lipinski definition) is 3. The molecular weight excluding hydrogens is 271 g/mol. The number of aromatic nitrogens is 2. The van der Waals surface area contributed by atoms with Crippen molar-refractivity contribution in [2.45, 2.75) is 31.2 Å². The van der Waals surface area contributed by atoms with Crippen LogP contribution in [0.25, 0.3) is 5.69 Å². The van der Waals surface area contributed by atoms with Crippen molar-refractivity contribution in [1.82, 2.24) is 9.78 Å². The number of rotatable bonds is 3. The third-order valence-corrected chi connectivity index (χ3v) is 3.90. The van der Waals surface area contributed by atoms with Gasteiger partial charge in [-0.15, -0.1) is 0 Å². The van der Waals surface area contributed by atoms with Crippen LogP contribution in [0.2, 0.25) is 0 Å². The second kappa shape index (κ2) is 5.29. The molecule has 6 heteroatoms. The minimum Gasteiger partial charge on any atom is -0.324 e. The SMILES string of the molecule is NC1(C(=O)Nc2ccc(-n3cccn3)c(F)c2)CCCC1. The molecule has 3 N–H and O–H groups in total. The van der Waals surface area contributed by atoms with E-state index in [1.807, 2.05) is 0 Å². The largest absolute Gasteiger partial charge is 0.324 e. The predicted octanol–water partition coefficient (Wildman–Crippen LogP) is 2.22. The predicted molar refractivity (Wildman–Crippen MR) is 77.5 cm³/mol. The Morgan fingerprint density at radius 3 is 2.76 bits per heavy atom. The van der Waals surface area contributed by atoms with E-state index in [0.717, 1.165) is 12.8 Å². The molecule has 1 aliphatic rings. The minimum atomic E-state index is -0.822. The van der Waals surface area contributed by atoms with E-state index >= 15 is 0 Å². The maximum absolute atomic E-state index is 14.1. The molecule has 0 saturated heterocycles. The normalized spacial score (nSPS) is 16.9. The van der Waals surface area contributed by atoms with Crippen molar-refractivity contribution in [3.8, 4) is 5.69 Å². The molecule has 0 unspecified atom stereocenters. The highest BCUT2D eigenvalue weighted by Gasteiger charge is 2.37. The summed E-state index contributed by atoms with van der Waals surface area (Å²) < 4.78 is 15.5. The second-order valence-electron chi connectivity index (χ2n) is 5.43. The molecule has 0 atom stereocenters. The number of carbonyl (C=O) groups excluding carboxylic acids is 1. The molecule has 110 valence electrons. The van der Waals surface area contributed by atoms with Gasteiger partial charge < -0.3 is 11.1 Å². The number of nitrogens with zero attached hydrogens (tertiary/aromatic N) is 2. The average molecular weight is 288 g/mol. The number of hydrogen-bond donors (Lipinski definition) is 2. The van der Waals surface area contributed by atoms with Crippen molar-refractivity contribution >= 4 is 11.6 Å². The highest BCUT2D eigenvalue weighted by molar-refractivity contribution is 5.98. The number of nitrogens with two attached hydrogens (primary N) is 1. The van der Waals surface area contributed by atoms with Gasteiger partial charge in [0.05, 0.1) is 5.54 Å². The van der Waals surface area contributed by atoms with E-state index in [9.17, 15) is 9.18 Å². The first-order valence-electron chi connectivity index (χ1n) is 6.98. The summed E-state index contributed by atoms with van der Waals surface area (Å²) in [6.45, 7) is 0. The Morgan fingerprint density at radius 1 is 1.38 bits per heavy atom. The van der Waals surface area contributed by atoms with E-state index in [0.29, 0.717) is 24.2 Å². The van der Waals surface area contributed by atoms with Crippen molar-refractivity contribution in [3.05, 3.63) is 42.5 Å². The molecule has 1 saturated carbocycles. The lowest BCUT2D eigenvalue weighted by molar-refractivity contribution is -0.121. The first-order chi connectivity index (χ1) is 10.1. The average Bonchev–Trinajstić information content (AvgIpc) is 3.11. The van der Waals surface area contributed by atoms with Crippen LogP contribution >= 0.6 is 0 Å². The van der Waals surface area contributed by atoms with E-state index < -0.39 is 11.4 Å². The van der Waals surface area contributed by atoms with E-state index in [1.54, 1.807) is 30.6 Å². The van der Waals surface area contributed by atoms with Gasteiger partial charge in [0.25, 0.3) is 0 Å². The lowest BCUT2D eigenvalue weighted by Gasteiger charge is -2.22. The first-order valence-corrected chi connectivity index (χ1v) is 6.98. The van der Waals surface area contributed by atoms with Gasteiger partial charge in [-0.3, -0.25) is 4.79 Å². The Labute approximate surface area is 121 Å². The van der Waals surface area contributed by atoms with Crippen molar-refractivity contribution in [2.24, 2.45) is 5.73 Å². The summed E-state index contributed by atoms with van der Waals surface area (Å²) in [6.07, 6.45) is 6.49. The Bertz CT molecular complexity index is 648. The number of benzene rings is 1. The van der Waals surface area contributed by atoms with Crippen LogP contribution < -0.4 is 11.1 Å². The topological polar surface area (TPSA) is 72.9 Å². The van der Waals surface area contributed by atoms with E-state index in [-0.39, 0.29) is 5.91 Å². The van der Waals surface area contributed by atoms with Gasteiger partial charge >= 0.3 is 0 Å². The molecule has 2 aromatic rings. The van der Waals surface area contributed by atoms with Gasteiger partial charge in [0.15, 0.2) is 5.82 Å². The fourth-order valence-corrected chi connectivity index (χ4v) is 2.67. The Morgan fingerprint density at radius 2 is 2.14 bits per heavy atom. The molecule has 0 aliphatic heterocycles. The molecule has 0 spiro atoms. The summed E-state index contributed by atoms with van der Waals surface area (Å²) in [5.74, 6) is -0.694. The van der Waals surface area contributed by atoms with E-state index in [1.165, 1.54) is 10.7 Å². The maximum Gasteiger partial charge on any atom is 0.244 e. The summed E-state index contributed by atoms with van der Waals surface area (Å²) >= 11 is 0. The molecule has 3 rings (SSSR count). The highest BCUT2D eigenvalue weighted by Crippen LogP contribution is 2.28. The van der Waals surface area contributed by atoms with Gasteiger partial charge in [0.2, 0.25) is 5.91 Å². The number of amides is 1. The molecule has 1 aromatic heterocycles. The lowest BCUT2D eigenvalue weighted by atomic mass is 9.98. The second-order valence-corrected chi connectivity index (χ2v) is 5.43. The zero-order valence-corrected chi connectivity index (χ0v) is 11.6. The molecule has 21 heavy (non-hydrogen) atoms. The summed E-state index contributed by atoms with van der Waals surface area (Å²) in [4.78, 5) is 12.2. The Balaban J connectivity index is 1.78. The summed E-state index contributed by atoms with van der Waals surface area (Å²) in [5, 5.41) is 6.69. The van der Waals surface area contributed by atoms with Crippen molar-refractivity contribution in [2.75, 3.05) is 5.32 Å². The van der Waals surface area contributed by atoms with Crippen LogP contribution in [-0.4, -0.2) is 21.2 Å². The van der Waals surface area contributed by atoms with Crippen LogP contribution in [0.15, 0.2) is 36.7 Å². The summed E-state index contributed by atoms with van der Waals surface area (Å²) in [6, 6.07) is 6.23. The van der Waals surface area contributed by atoms with Crippen LogP contribution in [0.1, 0.15) is 25.7 Å². The summed E-state index contributed by atoms with van der Waals surface area (Å²) in [5.41, 5.74) is 6.00. The smallest absolute Gasteiger partial charge is 0.244 e. The van der Waals surface area contributed by atoms with Crippen LogP contribution in [0.5, 0.6) is 0 Å². The molecule has 1 fully saturated rings. The maximum atomic E-state index is 14.1.